The summed E-state index contributed by atoms with van der Waals surface area (Å²) in [5.74, 6) is -1.09. The molecule has 0 aliphatic rings. The third-order valence-electron chi connectivity index (χ3n) is 5.29. The predicted molar refractivity (Wildman–Crippen MR) is 132 cm³/mol. The molecule has 2 amide bonds. The highest BCUT2D eigenvalue weighted by Crippen LogP contribution is 2.31. The lowest BCUT2D eigenvalue weighted by Gasteiger charge is -2.17. The van der Waals surface area contributed by atoms with Crippen LogP contribution in [0.2, 0.25) is 0 Å². The molecule has 0 bridgehead atoms. The number of nitro benzene ring substituents is 1. The maximum Gasteiger partial charge on any atom is 0.279 e. The molecule has 0 saturated carbocycles. The Labute approximate surface area is 204 Å². The minimum atomic E-state index is -0.951. The van der Waals surface area contributed by atoms with Crippen LogP contribution in [0.5, 0.6) is 0 Å². The van der Waals surface area contributed by atoms with E-state index in [1.807, 2.05) is 48.5 Å². The molecule has 9 nitrogen and oxygen atoms in total. The molecule has 0 fully saturated rings. The molecule has 1 aromatic heterocycles. The molecule has 4 rings (SSSR count). The molecule has 0 spiro atoms. The molecular formula is C25H19N5O4S. The Bertz CT molecular complexity index is 1460. The van der Waals surface area contributed by atoms with E-state index in [0.717, 1.165) is 27.7 Å². The van der Waals surface area contributed by atoms with Gasteiger partial charge in [-0.05, 0) is 22.4 Å². The summed E-state index contributed by atoms with van der Waals surface area (Å²) < 4.78 is 0. The van der Waals surface area contributed by atoms with Gasteiger partial charge in [0.2, 0.25) is 5.91 Å². The molecule has 1 atom stereocenters. The Morgan fingerprint density at radius 3 is 2.60 bits per heavy atom. The molecule has 0 radical (unpaired) electrons. The molecule has 0 aliphatic carbocycles. The van der Waals surface area contributed by atoms with Gasteiger partial charge in [0.1, 0.15) is 23.3 Å². The first kappa shape index (κ1) is 23.5. The van der Waals surface area contributed by atoms with Crippen molar-refractivity contribution in [3.8, 4) is 16.6 Å². The highest BCUT2D eigenvalue weighted by atomic mass is 32.1. The lowest BCUT2D eigenvalue weighted by Crippen LogP contribution is -2.48. The molecule has 0 saturated heterocycles. The summed E-state index contributed by atoms with van der Waals surface area (Å²) in [5.41, 5.74) is 1.07. The van der Waals surface area contributed by atoms with Crippen LogP contribution >= 0.6 is 11.3 Å². The van der Waals surface area contributed by atoms with Gasteiger partial charge in [-0.25, -0.2) is 4.98 Å². The molecule has 174 valence electrons. The fourth-order valence-corrected chi connectivity index (χ4v) is 4.44. The van der Waals surface area contributed by atoms with Gasteiger partial charge >= 0.3 is 0 Å². The number of carbonyl (C=O) groups excluding carboxylic acids is 2. The van der Waals surface area contributed by atoms with Crippen LogP contribution in [0.3, 0.4) is 0 Å². The molecule has 0 aliphatic heterocycles. The van der Waals surface area contributed by atoms with Crippen molar-refractivity contribution in [1.82, 2.24) is 15.6 Å². The van der Waals surface area contributed by atoms with Gasteiger partial charge in [-0.3, -0.25) is 19.7 Å². The number of nitrogens with one attached hydrogen (secondary N) is 2. The highest BCUT2D eigenvalue weighted by molar-refractivity contribution is 7.13. The first-order valence-corrected chi connectivity index (χ1v) is 11.5. The Hall–Kier alpha value is -4.62. The first-order chi connectivity index (χ1) is 17.0. The molecule has 10 heteroatoms. The normalized spacial score (nSPS) is 11.4. The number of hydrogen-bond acceptors (Lipinski definition) is 7. The predicted octanol–water partition coefficient (Wildman–Crippen LogP) is 3.85. The average molecular weight is 486 g/mol. The standard InChI is InChI=1S/C25H19N5O4S/c26-11-12-27-23(31)20(14-16-9-10-17-5-1-2-6-18(17)13-16)28-24(32)21-15-35-25(29-21)19-7-3-4-8-22(19)30(33)34/h1-10,13,15,20H,12,14H2,(H,27,31)(H,28,32)/t20-/m1/s1. The number of aromatic nitrogens is 1. The monoisotopic (exact) mass is 485 g/mol. The fourth-order valence-electron chi connectivity index (χ4n) is 3.61. The summed E-state index contributed by atoms with van der Waals surface area (Å²) >= 11 is 1.10. The number of benzene rings is 3. The second kappa shape index (κ2) is 10.5. The van der Waals surface area contributed by atoms with Gasteiger partial charge in [-0.1, -0.05) is 54.6 Å². The van der Waals surface area contributed by atoms with E-state index in [-0.39, 0.29) is 24.3 Å². The second-order valence-corrected chi connectivity index (χ2v) is 8.46. The average Bonchev–Trinajstić information content (AvgIpc) is 3.37. The molecule has 3 aromatic carbocycles. The van der Waals surface area contributed by atoms with Crippen molar-refractivity contribution in [3.05, 3.63) is 93.5 Å². The Morgan fingerprint density at radius 2 is 1.83 bits per heavy atom. The van der Waals surface area contributed by atoms with E-state index < -0.39 is 22.8 Å². The largest absolute Gasteiger partial charge is 0.341 e. The van der Waals surface area contributed by atoms with Crippen molar-refractivity contribution >= 4 is 39.6 Å². The summed E-state index contributed by atoms with van der Waals surface area (Å²) in [4.78, 5) is 40.8. The zero-order valence-corrected chi connectivity index (χ0v) is 19.1. The SMILES string of the molecule is N#CCNC(=O)[C@@H](Cc1ccc2ccccc2c1)NC(=O)c1csc(-c2ccccc2[N+](=O)[O-])n1. The fraction of sp³-hybridized carbons (Fsp3) is 0.120. The van der Waals surface area contributed by atoms with Crippen LogP contribution in [0.25, 0.3) is 21.3 Å². The van der Waals surface area contributed by atoms with Crippen molar-refractivity contribution in [1.29, 1.82) is 5.26 Å². The lowest BCUT2D eigenvalue weighted by molar-refractivity contribution is -0.384. The van der Waals surface area contributed by atoms with Crippen molar-refractivity contribution in [2.24, 2.45) is 0 Å². The summed E-state index contributed by atoms with van der Waals surface area (Å²) in [5, 5.41) is 29.2. The summed E-state index contributed by atoms with van der Waals surface area (Å²) in [6, 6.07) is 20.6. The number of fused-ring (bicyclic) bond motifs is 1. The van der Waals surface area contributed by atoms with E-state index in [1.54, 1.807) is 18.2 Å². The van der Waals surface area contributed by atoms with Gasteiger partial charge in [-0.15, -0.1) is 11.3 Å². The molecule has 2 N–H and O–H groups in total. The van der Waals surface area contributed by atoms with Crippen LogP contribution in [-0.4, -0.2) is 34.3 Å². The molecule has 1 heterocycles. The highest BCUT2D eigenvalue weighted by Gasteiger charge is 2.24. The number of para-hydroxylation sites is 1. The molecule has 35 heavy (non-hydrogen) atoms. The zero-order chi connectivity index (χ0) is 24.8. The first-order valence-electron chi connectivity index (χ1n) is 10.6. The van der Waals surface area contributed by atoms with E-state index in [0.29, 0.717) is 10.6 Å². The number of nitriles is 1. The third kappa shape index (κ3) is 5.48. The Balaban J connectivity index is 1.56. The van der Waals surface area contributed by atoms with Crippen LogP contribution in [0.15, 0.2) is 72.1 Å². The van der Waals surface area contributed by atoms with Gasteiger partial charge in [0.15, 0.2) is 0 Å². The number of carbonyl (C=O) groups is 2. The number of rotatable bonds is 8. The lowest BCUT2D eigenvalue weighted by atomic mass is 10.0. The molecule has 0 unspecified atom stereocenters. The smallest absolute Gasteiger partial charge is 0.279 e. The van der Waals surface area contributed by atoms with Crippen molar-refractivity contribution < 1.29 is 14.5 Å². The van der Waals surface area contributed by atoms with E-state index >= 15 is 0 Å². The quantitative estimate of drug-likeness (QED) is 0.221. The van der Waals surface area contributed by atoms with Crippen LogP contribution in [0, 0.1) is 21.4 Å². The number of nitrogens with zero attached hydrogens (tertiary/aromatic N) is 3. The van der Waals surface area contributed by atoms with E-state index in [9.17, 15) is 19.7 Å². The van der Waals surface area contributed by atoms with Gasteiger partial charge < -0.3 is 10.6 Å². The molecular weight excluding hydrogens is 466 g/mol. The van der Waals surface area contributed by atoms with Crippen molar-refractivity contribution in [2.45, 2.75) is 12.5 Å². The number of hydrogen-bond donors (Lipinski definition) is 2. The topological polar surface area (TPSA) is 138 Å². The van der Waals surface area contributed by atoms with E-state index in [2.05, 4.69) is 15.6 Å². The van der Waals surface area contributed by atoms with Crippen LogP contribution in [-0.2, 0) is 11.2 Å². The van der Waals surface area contributed by atoms with Crippen LogP contribution < -0.4 is 10.6 Å². The summed E-state index contributed by atoms with van der Waals surface area (Å²) in [7, 11) is 0. The summed E-state index contributed by atoms with van der Waals surface area (Å²) in [6.45, 7) is -0.193. The molecule has 4 aromatic rings. The zero-order valence-electron chi connectivity index (χ0n) is 18.3. The van der Waals surface area contributed by atoms with Gasteiger partial charge in [0.05, 0.1) is 16.6 Å². The van der Waals surface area contributed by atoms with Crippen molar-refractivity contribution in [2.75, 3.05) is 6.54 Å². The Morgan fingerprint density at radius 1 is 1.09 bits per heavy atom. The Kier molecular flexibility index (Phi) is 7.09. The van der Waals surface area contributed by atoms with Gasteiger partial charge in [0, 0.05) is 17.9 Å². The van der Waals surface area contributed by atoms with E-state index in [4.69, 9.17) is 5.26 Å². The van der Waals surface area contributed by atoms with E-state index in [1.165, 1.54) is 11.4 Å². The maximum atomic E-state index is 13.0. The minimum Gasteiger partial charge on any atom is -0.341 e. The van der Waals surface area contributed by atoms with Crippen molar-refractivity contribution in [3.63, 3.8) is 0 Å². The number of thiazole rings is 1. The van der Waals surface area contributed by atoms with Gasteiger partial charge in [-0.2, -0.15) is 5.26 Å². The third-order valence-corrected chi connectivity index (χ3v) is 6.16. The summed E-state index contributed by atoms with van der Waals surface area (Å²) in [6.07, 6.45) is 0.203. The van der Waals surface area contributed by atoms with Crippen LogP contribution in [0.4, 0.5) is 5.69 Å². The second-order valence-electron chi connectivity index (χ2n) is 7.60. The minimum absolute atomic E-state index is 0.0414. The van der Waals surface area contributed by atoms with Crippen LogP contribution in [0.1, 0.15) is 16.1 Å². The van der Waals surface area contributed by atoms with Gasteiger partial charge in [0.25, 0.3) is 11.6 Å². The maximum absolute atomic E-state index is 13.0. The number of nitro groups is 1. The number of amides is 2.